The van der Waals surface area contributed by atoms with Crippen molar-refractivity contribution in [2.24, 2.45) is 0 Å². The standard InChI is InChI=1S/C23H29ClN2O2/c1-5-17(3)25-23(28)18(4)26(15-20-10-12-21(24)13-11-20)22(27)14-19-8-6-16(2)7-9-19/h6-13,17-18H,5,14-15H2,1-4H3,(H,25,28)/t17-,18-/m1/s1. The molecule has 2 aromatic rings. The van der Waals surface area contributed by atoms with Gasteiger partial charge in [0, 0.05) is 17.6 Å². The van der Waals surface area contributed by atoms with Gasteiger partial charge in [0.25, 0.3) is 0 Å². The van der Waals surface area contributed by atoms with E-state index in [0.717, 1.165) is 23.1 Å². The van der Waals surface area contributed by atoms with Gasteiger partial charge in [-0.1, -0.05) is 60.5 Å². The van der Waals surface area contributed by atoms with Crippen LogP contribution in [0.2, 0.25) is 5.02 Å². The van der Waals surface area contributed by atoms with Crippen LogP contribution < -0.4 is 5.32 Å². The lowest BCUT2D eigenvalue weighted by atomic mass is 10.1. The molecule has 1 N–H and O–H groups in total. The molecule has 0 aliphatic heterocycles. The number of carbonyl (C=O) groups excluding carboxylic acids is 2. The number of carbonyl (C=O) groups is 2. The molecule has 0 fully saturated rings. The molecular weight excluding hydrogens is 372 g/mol. The van der Waals surface area contributed by atoms with Gasteiger partial charge in [-0.05, 0) is 50.5 Å². The normalized spacial score (nSPS) is 12.9. The Kier molecular flexibility index (Phi) is 8.06. The van der Waals surface area contributed by atoms with Crippen molar-refractivity contribution in [2.45, 2.75) is 59.2 Å². The first-order valence-electron chi connectivity index (χ1n) is 9.70. The SMILES string of the molecule is CC[C@@H](C)NC(=O)[C@@H](C)N(Cc1ccc(Cl)cc1)C(=O)Cc1ccc(C)cc1. The molecule has 0 aromatic heterocycles. The number of halogens is 1. The van der Waals surface area contributed by atoms with E-state index < -0.39 is 6.04 Å². The quantitative estimate of drug-likeness (QED) is 0.708. The molecule has 5 heteroatoms. The smallest absolute Gasteiger partial charge is 0.242 e. The number of benzene rings is 2. The Bertz CT molecular complexity index is 787. The lowest BCUT2D eigenvalue weighted by Gasteiger charge is -2.30. The van der Waals surface area contributed by atoms with Gasteiger partial charge in [-0.25, -0.2) is 0 Å². The molecule has 2 aromatic carbocycles. The Morgan fingerprint density at radius 1 is 1.00 bits per heavy atom. The molecule has 0 unspecified atom stereocenters. The maximum absolute atomic E-state index is 13.1. The topological polar surface area (TPSA) is 49.4 Å². The van der Waals surface area contributed by atoms with Crippen molar-refractivity contribution in [3.63, 3.8) is 0 Å². The summed E-state index contributed by atoms with van der Waals surface area (Å²) in [6, 6.07) is 14.8. The van der Waals surface area contributed by atoms with Gasteiger partial charge in [-0.15, -0.1) is 0 Å². The van der Waals surface area contributed by atoms with Crippen molar-refractivity contribution in [3.05, 3.63) is 70.2 Å². The fourth-order valence-corrected chi connectivity index (χ4v) is 2.94. The third kappa shape index (κ3) is 6.38. The van der Waals surface area contributed by atoms with Crippen molar-refractivity contribution in [1.82, 2.24) is 10.2 Å². The zero-order valence-electron chi connectivity index (χ0n) is 17.0. The van der Waals surface area contributed by atoms with Gasteiger partial charge in [-0.2, -0.15) is 0 Å². The highest BCUT2D eigenvalue weighted by Crippen LogP contribution is 2.15. The van der Waals surface area contributed by atoms with Crippen LogP contribution >= 0.6 is 11.6 Å². The summed E-state index contributed by atoms with van der Waals surface area (Å²) in [5.74, 6) is -0.217. The van der Waals surface area contributed by atoms with Crippen LogP contribution in [0.15, 0.2) is 48.5 Å². The van der Waals surface area contributed by atoms with Crippen molar-refractivity contribution in [3.8, 4) is 0 Å². The highest BCUT2D eigenvalue weighted by molar-refractivity contribution is 6.30. The van der Waals surface area contributed by atoms with Gasteiger partial charge in [0.05, 0.1) is 6.42 Å². The number of hydrogen-bond acceptors (Lipinski definition) is 2. The van der Waals surface area contributed by atoms with Gasteiger partial charge < -0.3 is 10.2 Å². The number of amides is 2. The first-order valence-corrected chi connectivity index (χ1v) is 10.1. The van der Waals surface area contributed by atoms with Crippen LogP contribution in [0.25, 0.3) is 0 Å². The number of hydrogen-bond donors (Lipinski definition) is 1. The van der Waals surface area contributed by atoms with Crippen molar-refractivity contribution in [1.29, 1.82) is 0 Å². The predicted octanol–water partition coefficient (Wildman–Crippen LogP) is 4.52. The summed E-state index contributed by atoms with van der Waals surface area (Å²) in [4.78, 5) is 27.4. The van der Waals surface area contributed by atoms with Crippen LogP contribution in [-0.2, 0) is 22.6 Å². The lowest BCUT2D eigenvalue weighted by Crippen LogP contribution is -2.49. The zero-order valence-corrected chi connectivity index (χ0v) is 17.8. The van der Waals surface area contributed by atoms with Crippen LogP contribution in [0.4, 0.5) is 0 Å². The van der Waals surface area contributed by atoms with Gasteiger partial charge in [0.15, 0.2) is 0 Å². The van der Waals surface area contributed by atoms with E-state index >= 15 is 0 Å². The average molecular weight is 401 g/mol. The lowest BCUT2D eigenvalue weighted by molar-refractivity contribution is -0.140. The first kappa shape index (κ1) is 22.0. The maximum Gasteiger partial charge on any atom is 0.242 e. The van der Waals surface area contributed by atoms with E-state index in [2.05, 4.69) is 5.32 Å². The largest absolute Gasteiger partial charge is 0.352 e. The molecule has 0 spiro atoms. The molecule has 150 valence electrons. The third-order valence-corrected chi connectivity index (χ3v) is 5.16. The van der Waals surface area contributed by atoms with E-state index in [4.69, 9.17) is 11.6 Å². The van der Waals surface area contributed by atoms with Crippen LogP contribution in [0.1, 0.15) is 43.9 Å². The molecule has 0 radical (unpaired) electrons. The second kappa shape index (κ2) is 10.3. The van der Waals surface area contributed by atoms with Crippen LogP contribution in [0, 0.1) is 6.92 Å². The average Bonchev–Trinajstić information content (AvgIpc) is 2.68. The van der Waals surface area contributed by atoms with E-state index in [-0.39, 0.29) is 24.3 Å². The number of rotatable bonds is 8. The number of nitrogens with one attached hydrogen (secondary N) is 1. The summed E-state index contributed by atoms with van der Waals surface area (Å²) < 4.78 is 0. The first-order chi connectivity index (χ1) is 13.3. The predicted molar refractivity (Wildman–Crippen MR) is 114 cm³/mol. The Morgan fingerprint density at radius 3 is 2.14 bits per heavy atom. The van der Waals surface area contributed by atoms with E-state index in [0.29, 0.717) is 11.6 Å². The molecule has 2 amide bonds. The fourth-order valence-electron chi connectivity index (χ4n) is 2.82. The molecule has 0 saturated heterocycles. The van der Waals surface area contributed by atoms with Crippen LogP contribution in [-0.4, -0.2) is 28.8 Å². The molecule has 0 saturated carbocycles. The molecule has 0 aliphatic rings. The van der Waals surface area contributed by atoms with Gasteiger partial charge >= 0.3 is 0 Å². The molecule has 0 aliphatic carbocycles. The minimum atomic E-state index is -0.567. The van der Waals surface area contributed by atoms with E-state index in [1.54, 1.807) is 24.0 Å². The highest BCUT2D eigenvalue weighted by atomic mass is 35.5. The Balaban J connectivity index is 2.20. The summed E-state index contributed by atoms with van der Waals surface area (Å²) in [6.45, 7) is 8.13. The summed E-state index contributed by atoms with van der Waals surface area (Å²) in [6.07, 6.45) is 1.10. The summed E-state index contributed by atoms with van der Waals surface area (Å²) in [5, 5.41) is 3.62. The van der Waals surface area contributed by atoms with Crippen molar-refractivity contribution < 1.29 is 9.59 Å². The third-order valence-electron chi connectivity index (χ3n) is 4.91. The maximum atomic E-state index is 13.1. The van der Waals surface area contributed by atoms with E-state index in [9.17, 15) is 9.59 Å². The Morgan fingerprint density at radius 2 is 1.57 bits per heavy atom. The van der Waals surface area contributed by atoms with Gasteiger partial charge in [0.1, 0.15) is 6.04 Å². The Labute approximate surface area is 172 Å². The minimum absolute atomic E-state index is 0.0690. The molecule has 2 rings (SSSR count). The second-order valence-corrected chi connectivity index (χ2v) is 7.74. The molecule has 0 heterocycles. The van der Waals surface area contributed by atoms with Crippen molar-refractivity contribution in [2.75, 3.05) is 0 Å². The second-order valence-electron chi connectivity index (χ2n) is 7.30. The molecule has 28 heavy (non-hydrogen) atoms. The van der Waals surface area contributed by atoms with E-state index in [1.807, 2.05) is 57.2 Å². The monoisotopic (exact) mass is 400 g/mol. The number of nitrogens with zero attached hydrogens (tertiary/aromatic N) is 1. The van der Waals surface area contributed by atoms with Gasteiger partial charge in [-0.3, -0.25) is 9.59 Å². The molecule has 0 bridgehead atoms. The number of aryl methyl sites for hydroxylation is 1. The van der Waals surface area contributed by atoms with Crippen LogP contribution in [0.3, 0.4) is 0 Å². The summed E-state index contributed by atoms with van der Waals surface area (Å²) >= 11 is 5.97. The summed E-state index contributed by atoms with van der Waals surface area (Å²) in [5.41, 5.74) is 3.02. The molecular formula is C23H29ClN2O2. The highest BCUT2D eigenvalue weighted by Gasteiger charge is 2.26. The fraction of sp³-hybridized carbons (Fsp3) is 0.391. The molecule has 2 atom stereocenters. The van der Waals surface area contributed by atoms with E-state index in [1.165, 1.54) is 0 Å². The summed E-state index contributed by atoms with van der Waals surface area (Å²) in [7, 11) is 0. The van der Waals surface area contributed by atoms with Crippen molar-refractivity contribution >= 4 is 23.4 Å². The minimum Gasteiger partial charge on any atom is -0.352 e. The van der Waals surface area contributed by atoms with Crippen LogP contribution in [0.5, 0.6) is 0 Å². The van der Waals surface area contributed by atoms with Gasteiger partial charge in [0.2, 0.25) is 11.8 Å². The molecule has 4 nitrogen and oxygen atoms in total. The zero-order chi connectivity index (χ0) is 20.7. The Hall–Kier alpha value is -2.33.